The summed E-state index contributed by atoms with van der Waals surface area (Å²) in [4.78, 5) is 5.01. The fourth-order valence-corrected chi connectivity index (χ4v) is 3.29. The van der Waals surface area contributed by atoms with Crippen molar-refractivity contribution in [3.05, 3.63) is 73.2 Å². The number of halogens is 7. The van der Waals surface area contributed by atoms with Gasteiger partial charge in [0.1, 0.15) is 0 Å². The van der Waals surface area contributed by atoms with Gasteiger partial charge in [0.05, 0.1) is 20.8 Å². The Labute approximate surface area is 167 Å². The zero-order valence-electron chi connectivity index (χ0n) is 13.0. The number of alkyl halides is 3. The van der Waals surface area contributed by atoms with Gasteiger partial charge in [-0.3, -0.25) is 10.3 Å². The number of nitrogens with one attached hydrogen (secondary N) is 1. The second kappa shape index (κ2) is 6.80. The van der Waals surface area contributed by atoms with Crippen molar-refractivity contribution in [2.24, 2.45) is 0 Å². The molecular weight excluding hydrogens is 433 g/mol. The number of hydrogen-bond donors (Lipinski definition) is 1. The van der Waals surface area contributed by atoms with E-state index in [1.165, 1.54) is 0 Å². The lowest BCUT2D eigenvalue weighted by Gasteiger charge is -2.29. The van der Waals surface area contributed by atoms with Gasteiger partial charge in [0, 0.05) is 16.1 Å². The maximum atomic E-state index is 13.9. The van der Waals surface area contributed by atoms with E-state index in [0.717, 1.165) is 23.8 Å². The third kappa shape index (κ3) is 3.27. The van der Waals surface area contributed by atoms with Crippen molar-refractivity contribution in [2.45, 2.75) is 18.7 Å². The zero-order chi connectivity index (χ0) is 19.3. The largest absolute Gasteiger partial charge is 0.428 e. The first-order valence-corrected chi connectivity index (χ1v) is 8.71. The van der Waals surface area contributed by atoms with Crippen LogP contribution in [0.4, 0.5) is 13.2 Å². The van der Waals surface area contributed by atoms with Crippen molar-refractivity contribution in [1.29, 1.82) is 0 Å². The minimum atomic E-state index is -4.79. The average Bonchev–Trinajstić information content (AvgIpc) is 3.01. The summed E-state index contributed by atoms with van der Waals surface area (Å²) in [6.07, 6.45) is -3.87. The van der Waals surface area contributed by atoms with Crippen molar-refractivity contribution in [2.75, 3.05) is 0 Å². The highest BCUT2D eigenvalue weighted by atomic mass is 35.5. The van der Waals surface area contributed by atoms with E-state index in [-0.39, 0.29) is 26.3 Å². The molecule has 0 amide bonds. The number of aryl methyl sites for hydroxylation is 1. The van der Waals surface area contributed by atoms with Crippen LogP contribution in [0.1, 0.15) is 16.7 Å². The first kappa shape index (κ1) is 19.6. The summed E-state index contributed by atoms with van der Waals surface area (Å²) in [7, 11) is 0. The summed E-state index contributed by atoms with van der Waals surface area (Å²) in [6, 6.07) is 7.04. The van der Waals surface area contributed by atoms with E-state index in [1.54, 1.807) is 25.1 Å². The fraction of sp³-hybridized carbons (Fsp3) is 0.176. The molecule has 0 saturated carbocycles. The predicted octanol–water partition coefficient (Wildman–Crippen LogP) is 6.94. The molecule has 1 atom stereocenters. The van der Waals surface area contributed by atoms with E-state index in [1.807, 2.05) is 0 Å². The highest BCUT2D eigenvalue weighted by Crippen LogP contribution is 2.49. The molecule has 0 aromatic heterocycles. The van der Waals surface area contributed by atoms with Gasteiger partial charge in [-0.2, -0.15) is 13.2 Å². The molecule has 138 valence electrons. The Kier molecular flexibility index (Phi) is 5.14. The van der Waals surface area contributed by atoms with E-state index >= 15 is 0 Å². The lowest BCUT2D eigenvalue weighted by atomic mass is 9.91. The molecule has 0 fully saturated rings. The van der Waals surface area contributed by atoms with Crippen LogP contribution in [0.25, 0.3) is 5.70 Å². The lowest BCUT2D eigenvalue weighted by molar-refractivity contribution is -0.269. The summed E-state index contributed by atoms with van der Waals surface area (Å²) >= 11 is 23.7. The fourth-order valence-electron chi connectivity index (χ4n) is 2.52. The van der Waals surface area contributed by atoms with Crippen molar-refractivity contribution in [3.63, 3.8) is 0 Å². The summed E-state index contributed by atoms with van der Waals surface area (Å²) in [5.41, 5.74) is 0.610. The molecule has 2 aromatic carbocycles. The van der Waals surface area contributed by atoms with E-state index in [4.69, 9.17) is 51.2 Å². The van der Waals surface area contributed by atoms with Crippen LogP contribution in [0.3, 0.4) is 0 Å². The average molecular weight is 443 g/mol. The Morgan fingerprint density at radius 1 is 0.962 bits per heavy atom. The highest BCUT2D eigenvalue weighted by Gasteiger charge is 2.59. The number of rotatable bonds is 2. The number of benzene rings is 2. The van der Waals surface area contributed by atoms with Crippen LogP contribution >= 0.6 is 46.4 Å². The van der Waals surface area contributed by atoms with Crippen LogP contribution in [0.15, 0.2) is 36.4 Å². The van der Waals surface area contributed by atoms with Gasteiger partial charge in [-0.15, -0.1) is 0 Å². The minimum absolute atomic E-state index is 0.0325. The smallest absolute Gasteiger partial charge is 0.265 e. The second-order valence-corrected chi connectivity index (χ2v) is 7.31. The summed E-state index contributed by atoms with van der Waals surface area (Å²) in [5.74, 6) is 0. The molecule has 1 unspecified atom stereocenters. The molecule has 2 nitrogen and oxygen atoms in total. The topological polar surface area (TPSA) is 21.3 Å². The predicted molar refractivity (Wildman–Crippen MR) is 97.6 cm³/mol. The van der Waals surface area contributed by atoms with Crippen LogP contribution in [-0.4, -0.2) is 6.18 Å². The summed E-state index contributed by atoms with van der Waals surface area (Å²) < 4.78 is 41.8. The summed E-state index contributed by atoms with van der Waals surface area (Å²) in [6.45, 7) is 1.79. The maximum absolute atomic E-state index is 13.9. The first-order valence-electron chi connectivity index (χ1n) is 7.20. The van der Waals surface area contributed by atoms with Gasteiger partial charge in [-0.25, -0.2) is 0 Å². The lowest BCUT2D eigenvalue weighted by Crippen LogP contribution is -2.42. The second-order valence-electron chi connectivity index (χ2n) is 5.71. The molecule has 0 radical (unpaired) electrons. The van der Waals surface area contributed by atoms with Crippen molar-refractivity contribution in [1.82, 2.24) is 5.48 Å². The van der Waals surface area contributed by atoms with E-state index in [0.29, 0.717) is 10.6 Å². The third-order valence-electron chi connectivity index (χ3n) is 3.99. The Bertz CT molecular complexity index is 890. The Morgan fingerprint density at radius 3 is 2.12 bits per heavy atom. The first-order chi connectivity index (χ1) is 12.0. The molecule has 9 heteroatoms. The van der Waals surface area contributed by atoms with Crippen molar-refractivity contribution in [3.8, 4) is 0 Å². The standard InChI is InChI=1S/C17H10Cl4F3NO/c1-8-2-3-9(4-11(8)18)14-7-16(26-25-14,17(22,23)24)10-5-12(19)15(21)13(20)6-10/h2-7,25H,1H3. The van der Waals surface area contributed by atoms with Crippen LogP contribution in [0.5, 0.6) is 0 Å². The van der Waals surface area contributed by atoms with E-state index < -0.39 is 11.8 Å². The van der Waals surface area contributed by atoms with Gasteiger partial charge >= 0.3 is 6.18 Å². The molecule has 1 aliphatic heterocycles. The number of hydroxylamine groups is 1. The van der Waals surface area contributed by atoms with Gasteiger partial charge in [0.2, 0.25) is 5.60 Å². The monoisotopic (exact) mass is 441 g/mol. The molecule has 0 bridgehead atoms. The van der Waals surface area contributed by atoms with Crippen LogP contribution in [0.2, 0.25) is 20.1 Å². The molecule has 3 rings (SSSR count). The van der Waals surface area contributed by atoms with Crippen molar-refractivity contribution >= 4 is 52.1 Å². The van der Waals surface area contributed by atoms with E-state index in [2.05, 4.69) is 5.48 Å². The molecular formula is C17H10Cl4F3NO. The molecule has 26 heavy (non-hydrogen) atoms. The summed E-state index contributed by atoms with van der Waals surface area (Å²) in [5, 5.41) is 0.172. The van der Waals surface area contributed by atoms with Gasteiger partial charge < -0.3 is 0 Å². The molecule has 0 spiro atoms. The van der Waals surface area contributed by atoms with Gasteiger partial charge in [0.15, 0.2) is 0 Å². The number of hydrogen-bond acceptors (Lipinski definition) is 2. The Morgan fingerprint density at radius 2 is 1.58 bits per heavy atom. The quantitative estimate of drug-likeness (QED) is 0.508. The Hall–Kier alpha value is -1.11. The third-order valence-corrected chi connectivity index (χ3v) is 5.59. The Balaban J connectivity index is 2.16. The highest BCUT2D eigenvalue weighted by molar-refractivity contribution is 6.48. The van der Waals surface area contributed by atoms with Crippen LogP contribution in [0, 0.1) is 6.92 Å². The van der Waals surface area contributed by atoms with Gasteiger partial charge in [0.25, 0.3) is 0 Å². The molecule has 0 saturated heterocycles. The molecule has 1 N–H and O–H groups in total. The minimum Gasteiger partial charge on any atom is -0.265 e. The van der Waals surface area contributed by atoms with Gasteiger partial charge in [-0.05, 0) is 36.8 Å². The normalized spacial score (nSPS) is 20.1. The van der Waals surface area contributed by atoms with Gasteiger partial charge in [-0.1, -0.05) is 58.5 Å². The molecule has 1 aliphatic rings. The molecule has 0 aliphatic carbocycles. The van der Waals surface area contributed by atoms with E-state index in [9.17, 15) is 13.2 Å². The van der Waals surface area contributed by atoms with Crippen LogP contribution < -0.4 is 5.48 Å². The molecule has 1 heterocycles. The maximum Gasteiger partial charge on any atom is 0.428 e. The molecule has 2 aromatic rings. The van der Waals surface area contributed by atoms with Crippen molar-refractivity contribution < 1.29 is 18.0 Å². The van der Waals surface area contributed by atoms with Crippen LogP contribution in [-0.2, 0) is 10.4 Å². The SMILES string of the molecule is Cc1ccc(C2=CC(c3cc(Cl)c(Cl)c(Cl)c3)(C(F)(F)F)ON2)cc1Cl. The zero-order valence-corrected chi connectivity index (χ0v) is 16.0.